The van der Waals surface area contributed by atoms with Crippen LogP contribution in [0.25, 0.3) is 0 Å². The third-order valence-corrected chi connectivity index (χ3v) is 5.41. The summed E-state index contributed by atoms with van der Waals surface area (Å²) in [7, 11) is -1.93. The molecule has 0 saturated carbocycles. The zero-order valence-corrected chi connectivity index (χ0v) is 12.6. The van der Waals surface area contributed by atoms with Gasteiger partial charge in [-0.3, -0.25) is 0 Å². The predicted molar refractivity (Wildman–Crippen MR) is 77.6 cm³/mol. The van der Waals surface area contributed by atoms with Crippen molar-refractivity contribution in [2.24, 2.45) is 5.92 Å². The van der Waals surface area contributed by atoms with E-state index in [0.29, 0.717) is 18.0 Å². The molecule has 1 fully saturated rings. The molecular weight excluding hydrogens is 276 g/mol. The fourth-order valence-corrected chi connectivity index (χ4v) is 3.87. The number of aryl methyl sites for hydroxylation is 1. The van der Waals surface area contributed by atoms with E-state index in [2.05, 4.69) is 12.1 Å². The lowest BCUT2D eigenvalue weighted by Gasteiger charge is -2.16. The summed E-state index contributed by atoms with van der Waals surface area (Å²) in [6, 6.07) is 6.82. The first-order valence-corrected chi connectivity index (χ1v) is 7.91. The number of benzene rings is 1. The summed E-state index contributed by atoms with van der Waals surface area (Å²) >= 11 is 0. The summed E-state index contributed by atoms with van der Waals surface area (Å²) < 4.78 is 26.6. The number of hydrogen-bond acceptors (Lipinski definition) is 4. The normalized spacial score (nSPS) is 23.9. The molecule has 2 atom stereocenters. The smallest absolute Gasteiger partial charge is 0.243 e. The lowest BCUT2D eigenvalue weighted by Crippen LogP contribution is -2.36. The van der Waals surface area contributed by atoms with Crippen molar-refractivity contribution in [2.75, 3.05) is 20.2 Å². The van der Waals surface area contributed by atoms with Crippen LogP contribution in [0.3, 0.4) is 0 Å². The highest BCUT2D eigenvalue weighted by molar-refractivity contribution is 7.89. The van der Waals surface area contributed by atoms with Crippen molar-refractivity contribution in [3.05, 3.63) is 42.5 Å². The molecule has 1 aliphatic heterocycles. The standard InChI is InChI=1S/C14H20N2O3S/c1-4-12-9-16(10-14(12)15-19-3)20(17,18)13-7-5-11(2)6-8-13/h4-8,12,14-15H,1,9-10H2,2-3H3/t12-,14-/m1/s1. The average Bonchev–Trinajstić information content (AvgIpc) is 2.83. The van der Waals surface area contributed by atoms with Gasteiger partial charge in [-0.15, -0.1) is 6.58 Å². The molecule has 0 radical (unpaired) electrons. The van der Waals surface area contributed by atoms with Gasteiger partial charge in [0.25, 0.3) is 0 Å². The third kappa shape index (κ3) is 2.93. The minimum absolute atomic E-state index is 0.0372. The van der Waals surface area contributed by atoms with Crippen LogP contribution in [0, 0.1) is 12.8 Å². The van der Waals surface area contributed by atoms with E-state index in [0.717, 1.165) is 5.56 Å². The minimum atomic E-state index is -3.46. The Bertz CT molecular complexity index is 569. The summed E-state index contributed by atoms with van der Waals surface area (Å²) in [5.74, 6) is 0.0372. The van der Waals surface area contributed by atoms with Crippen LogP contribution in [-0.4, -0.2) is 39.0 Å². The minimum Gasteiger partial charge on any atom is -0.305 e. The predicted octanol–water partition coefficient (Wildman–Crippen LogP) is 1.32. The van der Waals surface area contributed by atoms with Crippen molar-refractivity contribution in [1.82, 2.24) is 9.79 Å². The van der Waals surface area contributed by atoms with E-state index < -0.39 is 10.0 Å². The van der Waals surface area contributed by atoms with Gasteiger partial charge in [0.05, 0.1) is 18.0 Å². The zero-order chi connectivity index (χ0) is 14.8. The molecule has 1 N–H and O–H groups in total. The molecule has 0 aliphatic carbocycles. The van der Waals surface area contributed by atoms with Gasteiger partial charge in [0.1, 0.15) is 0 Å². The molecule has 1 aliphatic rings. The Morgan fingerprint density at radius 3 is 2.55 bits per heavy atom. The second kappa shape index (κ2) is 6.05. The molecule has 1 saturated heterocycles. The molecule has 110 valence electrons. The van der Waals surface area contributed by atoms with Crippen LogP contribution in [0.2, 0.25) is 0 Å². The van der Waals surface area contributed by atoms with E-state index in [9.17, 15) is 8.42 Å². The van der Waals surface area contributed by atoms with E-state index in [4.69, 9.17) is 4.84 Å². The van der Waals surface area contributed by atoms with E-state index in [1.807, 2.05) is 6.92 Å². The largest absolute Gasteiger partial charge is 0.305 e. The van der Waals surface area contributed by atoms with Crippen molar-refractivity contribution in [3.63, 3.8) is 0 Å². The zero-order valence-electron chi connectivity index (χ0n) is 11.7. The van der Waals surface area contributed by atoms with Crippen molar-refractivity contribution in [1.29, 1.82) is 0 Å². The highest BCUT2D eigenvalue weighted by atomic mass is 32.2. The molecule has 0 unspecified atom stereocenters. The van der Waals surface area contributed by atoms with Crippen LogP contribution in [0.5, 0.6) is 0 Å². The van der Waals surface area contributed by atoms with E-state index >= 15 is 0 Å². The molecule has 1 aromatic rings. The monoisotopic (exact) mass is 296 g/mol. The SMILES string of the molecule is C=C[C@@H]1CN(S(=O)(=O)c2ccc(C)cc2)C[C@H]1NOC. The number of rotatable bonds is 5. The second-order valence-electron chi connectivity index (χ2n) is 4.96. The number of nitrogens with zero attached hydrogens (tertiary/aromatic N) is 1. The Kier molecular flexibility index (Phi) is 4.59. The van der Waals surface area contributed by atoms with Gasteiger partial charge in [-0.2, -0.15) is 9.79 Å². The van der Waals surface area contributed by atoms with Gasteiger partial charge in [0, 0.05) is 19.0 Å². The number of hydroxylamine groups is 1. The lowest BCUT2D eigenvalue weighted by atomic mass is 10.1. The fourth-order valence-electron chi connectivity index (χ4n) is 2.36. The molecule has 20 heavy (non-hydrogen) atoms. The van der Waals surface area contributed by atoms with Gasteiger partial charge in [0.2, 0.25) is 10.0 Å². The molecule has 1 aromatic carbocycles. The maximum absolute atomic E-state index is 12.6. The molecule has 0 spiro atoms. The number of nitrogens with one attached hydrogen (secondary N) is 1. The van der Waals surface area contributed by atoms with Crippen molar-refractivity contribution >= 4 is 10.0 Å². The summed E-state index contributed by atoms with van der Waals surface area (Å²) in [6.07, 6.45) is 1.77. The van der Waals surface area contributed by atoms with Crippen molar-refractivity contribution in [2.45, 2.75) is 17.9 Å². The average molecular weight is 296 g/mol. The molecule has 5 nitrogen and oxygen atoms in total. The van der Waals surface area contributed by atoms with Crippen LogP contribution < -0.4 is 5.48 Å². The molecule has 2 rings (SSSR count). The topological polar surface area (TPSA) is 58.6 Å². The first kappa shape index (κ1) is 15.2. The molecule has 0 amide bonds. The first-order chi connectivity index (χ1) is 9.48. The van der Waals surface area contributed by atoms with E-state index in [1.165, 1.54) is 11.4 Å². The van der Waals surface area contributed by atoms with Crippen LogP contribution in [-0.2, 0) is 14.9 Å². The summed E-state index contributed by atoms with van der Waals surface area (Å²) in [5, 5.41) is 0. The van der Waals surface area contributed by atoms with Gasteiger partial charge in [-0.1, -0.05) is 23.8 Å². The Balaban J connectivity index is 2.23. The second-order valence-corrected chi connectivity index (χ2v) is 6.90. The van der Waals surface area contributed by atoms with Gasteiger partial charge < -0.3 is 4.84 Å². The van der Waals surface area contributed by atoms with Crippen molar-refractivity contribution < 1.29 is 13.3 Å². The summed E-state index contributed by atoms with van der Waals surface area (Å²) in [4.78, 5) is 5.24. The Morgan fingerprint density at radius 1 is 1.35 bits per heavy atom. The fraction of sp³-hybridized carbons (Fsp3) is 0.429. The Hall–Kier alpha value is -1.21. The lowest BCUT2D eigenvalue weighted by molar-refractivity contribution is 0.0579. The molecular formula is C14H20N2O3S. The van der Waals surface area contributed by atoms with E-state index in [-0.39, 0.29) is 12.0 Å². The quantitative estimate of drug-likeness (QED) is 0.658. The maximum Gasteiger partial charge on any atom is 0.243 e. The molecule has 0 aromatic heterocycles. The number of sulfonamides is 1. The first-order valence-electron chi connectivity index (χ1n) is 6.47. The van der Waals surface area contributed by atoms with Gasteiger partial charge in [-0.05, 0) is 19.1 Å². The molecule has 1 heterocycles. The van der Waals surface area contributed by atoms with E-state index in [1.54, 1.807) is 30.3 Å². The molecule has 0 bridgehead atoms. The molecule has 6 heteroatoms. The van der Waals surface area contributed by atoms with Crippen LogP contribution in [0.4, 0.5) is 0 Å². The Labute approximate surface area is 120 Å². The van der Waals surface area contributed by atoms with Gasteiger partial charge in [0.15, 0.2) is 0 Å². The van der Waals surface area contributed by atoms with Crippen molar-refractivity contribution in [3.8, 4) is 0 Å². The summed E-state index contributed by atoms with van der Waals surface area (Å²) in [6.45, 7) is 6.48. The van der Waals surface area contributed by atoms with Gasteiger partial charge >= 0.3 is 0 Å². The van der Waals surface area contributed by atoms with Crippen LogP contribution in [0.1, 0.15) is 5.56 Å². The van der Waals surface area contributed by atoms with Crippen LogP contribution >= 0.6 is 0 Å². The van der Waals surface area contributed by atoms with Crippen LogP contribution in [0.15, 0.2) is 41.8 Å². The Morgan fingerprint density at radius 2 is 2.00 bits per heavy atom. The number of hydrogen-bond donors (Lipinski definition) is 1. The maximum atomic E-state index is 12.6. The highest BCUT2D eigenvalue weighted by Crippen LogP contribution is 2.25. The van der Waals surface area contributed by atoms with Gasteiger partial charge in [-0.25, -0.2) is 8.42 Å². The third-order valence-electron chi connectivity index (χ3n) is 3.56. The summed E-state index contributed by atoms with van der Waals surface area (Å²) in [5.41, 5.74) is 3.87. The highest BCUT2D eigenvalue weighted by Gasteiger charge is 2.38.